The van der Waals surface area contributed by atoms with Crippen LogP contribution in [0.4, 0.5) is 0 Å². The van der Waals surface area contributed by atoms with Gasteiger partial charge in [-0.15, -0.1) is 0 Å². The molecule has 3 atom stereocenters. The third kappa shape index (κ3) is 2.31. The van der Waals surface area contributed by atoms with Crippen molar-refractivity contribution < 1.29 is 9.53 Å². The number of ether oxygens (including phenoxy) is 1. The molecule has 0 amide bonds. The van der Waals surface area contributed by atoms with E-state index in [0.717, 1.165) is 24.1 Å². The first-order chi connectivity index (χ1) is 11.5. The number of hydrogen-bond acceptors (Lipinski definition) is 6. The first-order valence-corrected chi connectivity index (χ1v) is 8.27. The number of nitrogens with zero attached hydrogens (tertiary/aromatic N) is 3. The summed E-state index contributed by atoms with van der Waals surface area (Å²) in [6.07, 6.45) is 3.99. The molecule has 1 aromatic heterocycles. The minimum absolute atomic E-state index is 0.0633. The highest BCUT2D eigenvalue weighted by Crippen LogP contribution is 2.50. The zero-order valence-electron chi connectivity index (χ0n) is 14.3. The van der Waals surface area contributed by atoms with Crippen LogP contribution in [0, 0.1) is 23.2 Å². The van der Waals surface area contributed by atoms with Crippen LogP contribution in [0.2, 0.25) is 0 Å². The second-order valence-corrected chi connectivity index (χ2v) is 6.77. The molecule has 3 rings (SSSR count). The number of fused-ring (bicyclic) bond motifs is 3. The number of carbonyl (C=O) groups excluding carboxylic acids is 1. The smallest absolute Gasteiger partial charge is 0.219 e. The molecule has 2 N–H and O–H groups in total. The van der Waals surface area contributed by atoms with E-state index in [9.17, 15) is 10.1 Å². The van der Waals surface area contributed by atoms with Gasteiger partial charge in [0.15, 0.2) is 5.78 Å². The lowest BCUT2D eigenvalue weighted by atomic mass is 9.58. The normalized spacial score (nSPS) is 28.5. The van der Waals surface area contributed by atoms with Crippen molar-refractivity contribution in [1.82, 2.24) is 9.97 Å². The molecule has 6 nitrogen and oxygen atoms in total. The van der Waals surface area contributed by atoms with Crippen LogP contribution < -0.4 is 10.5 Å². The number of ketones is 1. The van der Waals surface area contributed by atoms with Crippen molar-refractivity contribution in [1.29, 1.82) is 5.26 Å². The Balaban J connectivity index is 2.24. The van der Waals surface area contributed by atoms with Gasteiger partial charge >= 0.3 is 0 Å². The second-order valence-electron chi connectivity index (χ2n) is 6.77. The van der Waals surface area contributed by atoms with Gasteiger partial charge in [-0.2, -0.15) is 10.2 Å². The molecule has 6 heteroatoms. The van der Waals surface area contributed by atoms with E-state index < -0.39 is 5.41 Å². The fourth-order valence-corrected chi connectivity index (χ4v) is 4.19. The molecule has 0 aromatic carbocycles. The van der Waals surface area contributed by atoms with Crippen LogP contribution in [0.1, 0.15) is 37.4 Å². The molecule has 126 valence electrons. The summed E-state index contributed by atoms with van der Waals surface area (Å²) < 4.78 is 5.48. The Hall–Kier alpha value is -2.26. The Bertz CT molecular complexity index is 765. The van der Waals surface area contributed by atoms with Crippen LogP contribution in [-0.4, -0.2) is 29.4 Å². The van der Waals surface area contributed by atoms with Crippen molar-refractivity contribution in [3.05, 3.63) is 28.7 Å². The van der Waals surface area contributed by atoms with Gasteiger partial charge in [-0.25, -0.2) is 4.98 Å². The summed E-state index contributed by atoms with van der Waals surface area (Å²) in [5.41, 5.74) is 7.27. The van der Waals surface area contributed by atoms with Gasteiger partial charge in [0.1, 0.15) is 11.9 Å². The average Bonchev–Trinajstić information content (AvgIpc) is 2.58. The zero-order chi connectivity index (χ0) is 17.5. The first kappa shape index (κ1) is 16.6. The monoisotopic (exact) mass is 326 g/mol. The van der Waals surface area contributed by atoms with Crippen LogP contribution in [-0.2, 0) is 23.1 Å². The molecule has 2 aliphatic rings. The summed E-state index contributed by atoms with van der Waals surface area (Å²) in [6, 6.07) is 2.06. The van der Waals surface area contributed by atoms with Crippen molar-refractivity contribution in [2.24, 2.45) is 17.6 Å². The summed E-state index contributed by atoms with van der Waals surface area (Å²) in [5.74, 6) is 1.10. The van der Waals surface area contributed by atoms with E-state index in [0.29, 0.717) is 24.7 Å². The van der Waals surface area contributed by atoms with Gasteiger partial charge in [0, 0.05) is 23.3 Å². The third-order valence-electron chi connectivity index (χ3n) is 5.41. The van der Waals surface area contributed by atoms with E-state index in [1.807, 2.05) is 6.92 Å². The maximum absolute atomic E-state index is 12.4. The van der Waals surface area contributed by atoms with E-state index in [-0.39, 0.29) is 23.2 Å². The molecule has 0 aliphatic heterocycles. The molecule has 0 bridgehead atoms. The Kier molecular flexibility index (Phi) is 4.14. The van der Waals surface area contributed by atoms with Crippen molar-refractivity contribution in [2.75, 3.05) is 13.7 Å². The van der Waals surface area contributed by atoms with Crippen LogP contribution in [0.25, 0.3) is 0 Å². The van der Waals surface area contributed by atoms with Gasteiger partial charge in [-0.05, 0) is 25.3 Å². The quantitative estimate of drug-likeness (QED) is 0.902. The van der Waals surface area contributed by atoms with Gasteiger partial charge < -0.3 is 10.5 Å². The molecule has 0 spiro atoms. The summed E-state index contributed by atoms with van der Waals surface area (Å²) >= 11 is 0. The Morgan fingerprint density at radius 3 is 2.88 bits per heavy atom. The van der Waals surface area contributed by atoms with E-state index in [4.69, 9.17) is 15.5 Å². The minimum atomic E-state index is -0.467. The molecule has 0 fully saturated rings. The van der Waals surface area contributed by atoms with Crippen molar-refractivity contribution in [3.8, 4) is 11.9 Å². The van der Waals surface area contributed by atoms with Crippen molar-refractivity contribution >= 4 is 5.78 Å². The van der Waals surface area contributed by atoms with Crippen molar-refractivity contribution in [3.63, 3.8) is 0 Å². The van der Waals surface area contributed by atoms with E-state index >= 15 is 0 Å². The number of Topliss-reactive ketones (excluding diaryl/α,β-unsaturated/α-hetero) is 1. The molecular formula is C18H22N4O2. The van der Waals surface area contributed by atoms with Crippen LogP contribution >= 0.6 is 0 Å². The van der Waals surface area contributed by atoms with E-state index in [1.165, 1.54) is 0 Å². The molecule has 1 aromatic rings. The number of rotatable bonds is 3. The fourth-order valence-electron chi connectivity index (χ4n) is 4.19. The van der Waals surface area contributed by atoms with E-state index in [2.05, 4.69) is 18.0 Å². The third-order valence-corrected chi connectivity index (χ3v) is 5.41. The maximum atomic E-state index is 12.4. The Morgan fingerprint density at radius 2 is 2.25 bits per heavy atom. The summed E-state index contributed by atoms with van der Waals surface area (Å²) in [4.78, 5) is 21.6. The van der Waals surface area contributed by atoms with Gasteiger partial charge in [0.05, 0.1) is 18.4 Å². The zero-order valence-corrected chi connectivity index (χ0v) is 14.3. The lowest BCUT2D eigenvalue weighted by molar-refractivity contribution is -0.121. The maximum Gasteiger partial charge on any atom is 0.219 e. The average molecular weight is 326 g/mol. The summed E-state index contributed by atoms with van der Waals surface area (Å²) in [6.45, 7) is 4.44. The minimum Gasteiger partial charge on any atom is -0.481 e. The van der Waals surface area contributed by atoms with Gasteiger partial charge in [0.2, 0.25) is 5.88 Å². The number of carbonyl (C=O) groups is 1. The highest BCUT2D eigenvalue weighted by Gasteiger charge is 2.49. The van der Waals surface area contributed by atoms with Crippen LogP contribution in [0.3, 0.4) is 0 Å². The van der Waals surface area contributed by atoms with E-state index in [1.54, 1.807) is 13.2 Å². The van der Waals surface area contributed by atoms with Crippen LogP contribution in [0.15, 0.2) is 11.6 Å². The van der Waals surface area contributed by atoms with Crippen molar-refractivity contribution in [2.45, 2.75) is 38.5 Å². The summed E-state index contributed by atoms with van der Waals surface area (Å²) in [7, 11) is 1.60. The number of nitriles is 1. The lowest BCUT2D eigenvalue weighted by Crippen LogP contribution is -2.46. The molecule has 24 heavy (non-hydrogen) atoms. The lowest BCUT2D eigenvalue weighted by Gasteiger charge is -2.45. The Labute approximate surface area is 141 Å². The number of methoxy groups -OCH3 is 1. The highest BCUT2D eigenvalue weighted by atomic mass is 16.5. The van der Waals surface area contributed by atoms with Gasteiger partial charge in [-0.3, -0.25) is 4.79 Å². The molecule has 0 radical (unpaired) electrons. The van der Waals surface area contributed by atoms with Gasteiger partial charge in [-0.1, -0.05) is 19.9 Å². The predicted molar refractivity (Wildman–Crippen MR) is 88.4 cm³/mol. The Morgan fingerprint density at radius 1 is 1.50 bits per heavy atom. The number of nitrogens with two attached hydrogens (primary N) is 1. The topological polar surface area (TPSA) is 102 Å². The number of aromatic nitrogens is 2. The predicted octanol–water partition coefficient (Wildman–Crippen LogP) is 1.48. The number of allylic oxidation sites excluding steroid dienone is 2. The molecular weight excluding hydrogens is 304 g/mol. The van der Waals surface area contributed by atoms with Gasteiger partial charge in [0.25, 0.3) is 0 Å². The molecule has 2 aliphatic carbocycles. The first-order valence-electron chi connectivity index (χ1n) is 8.27. The second kappa shape index (κ2) is 5.99. The fraction of sp³-hybridized carbons (Fsp3) is 0.556. The molecule has 1 heterocycles. The standard InChI is InChI=1S/C18H22N4O2/c1-10-13-5-4-12-16(18(13,2)8-11(9-20)15(10)23)21-14(6-7-19)22-17(12)24-3/h8,10,13H,4-7,19H2,1-3H3/t10-,13-,18-/m1/s1. The molecule has 0 saturated heterocycles. The van der Waals surface area contributed by atoms with Crippen LogP contribution in [0.5, 0.6) is 5.88 Å². The highest BCUT2D eigenvalue weighted by molar-refractivity contribution is 6.02. The SMILES string of the molecule is COc1nc(CCN)nc2c1CC[C@@H]1[C@@H](C)C(=O)C(C#N)=C[C@@]21C. The largest absolute Gasteiger partial charge is 0.481 e. The number of hydrogen-bond donors (Lipinski definition) is 1. The molecule has 0 unspecified atom stereocenters. The summed E-state index contributed by atoms with van der Waals surface area (Å²) in [5, 5.41) is 9.36. The molecule has 0 saturated carbocycles.